The number of rotatable bonds is 4. The van der Waals surface area contributed by atoms with E-state index in [0.717, 1.165) is 23.2 Å². The Labute approximate surface area is 147 Å². The highest BCUT2D eigenvalue weighted by Gasteiger charge is 2.34. The highest BCUT2D eigenvalue weighted by molar-refractivity contribution is 6.05. The van der Waals surface area contributed by atoms with E-state index in [1.165, 1.54) is 5.56 Å². The molecule has 0 bridgehead atoms. The number of nitrogens with one attached hydrogen (secondary N) is 1. The summed E-state index contributed by atoms with van der Waals surface area (Å²) in [5.74, 6) is 0.376. The van der Waals surface area contributed by atoms with Crippen molar-refractivity contribution in [2.24, 2.45) is 5.73 Å². The van der Waals surface area contributed by atoms with Gasteiger partial charge < -0.3 is 11.1 Å². The van der Waals surface area contributed by atoms with Gasteiger partial charge in [-0.25, -0.2) is 0 Å². The molecule has 0 saturated heterocycles. The van der Waals surface area contributed by atoms with E-state index in [1.54, 1.807) is 0 Å². The van der Waals surface area contributed by atoms with Gasteiger partial charge in [0.25, 0.3) is 5.91 Å². The zero-order valence-electron chi connectivity index (χ0n) is 13.9. The Hall–Kier alpha value is -2.91. The lowest BCUT2D eigenvalue weighted by Crippen LogP contribution is -2.11. The van der Waals surface area contributed by atoms with Gasteiger partial charge in [0.2, 0.25) is 0 Å². The van der Waals surface area contributed by atoms with Gasteiger partial charge in [-0.1, -0.05) is 54.6 Å². The van der Waals surface area contributed by atoms with E-state index in [4.69, 9.17) is 5.73 Å². The van der Waals surface area contributed by atoms with Crippen LogP contribution in [0.15, 0.2) is 78.9 Å². The summed E-state index contributed by atoms with van der Waals surface area (Å²) in [6, 6.07) is 26.0. The van der Waals surface area contributed by atoms with Gasteiger partial charge in [-0.3, -0.25) is 4.79 Å². The fourth-order valence-electron chi connectivity index (χ4n) is 3.09. The molecule has 124 valence electrons. The normalized spacial score (nSPS) is 18.6. The highest BCUT2D eigenvalue weighted by Crippen LogP contribution is 2.39. The van der Waals surface area contributed by atoms with Crippen LogP contribution in [0, 0.1) is 0 Å². The quantitative estimate of drug-likeness (QED) is 0.745. The monoisotopic (exact) mass is 328 g/mol. The molecule has 1 saturated carbocycles. The second-order valence-electron chi connectivity index (χ2n) is 6.53. The lowest BCUT2D eigenvalue weighted by Gasteiger charge is -2.08. The lowest BCUT2D eigenvalue weighted by molar-refractivity contribution is 0.102. The number of anilines is 1. The molecule has 25 heavy (non-hydrogen) atoms. The maximum Gasteiger partial charge on any atom is 0.255 e. The zero-order valence-corrected chi connectivity index (χ0v) is 13.9. The molecule has 3 aromatic rings. The summed E-state index contributed by atoms with van der Waals surface area (Å²) in [5, 5.41) is 2.96. The predicted molar refractivity (Wildman–Crippen MR) is 102 cm³/mol. The number of hydrogen-bond donors (Lipinski definition) is 2. The molecule has 1 fully saturated rings. The number of carbonyl (C=O) groups excluding carboxylic acids is 1. The Kier molecular flexibility index (Phi) is 4.08. The fourth-order valence-corrected chi connectivity index (χ4v) is 3.09. The van der Waals surface area contributed by atoms with Gasteiger partial charge in [-0.2, -0.15) is 0 Å². The molecule has 3 nitrogen and oxygen atoms in total. The first kappa shape index (κ1) is 15.6. The van der Waals surface area contributed by atoms with Crippen LogP contribution in [0.25, 0.3) is 11.1 Å². The molecule has 1 amide bonds. The maximum absolute atomic E-state index is 12.5. The van der Waals surface area contributed by atoms with Crippen molar-refractivity contribution in [2.75, 3.05) is 5.32 Å². The van der Waals surface area contributed by atoms with Crippen LogP contribution in [0.3, 0.4) is 0 Å². The molecule has 2 atom stereocenters. The van der Waals surface area contributed by atoms with Crippen LogP contribution in [-0.2, 0) is 0 Å². The molecule has 3 aromatic carbocycles. The van der Waals surface area contributed by atoms with Crippen molar-refractivity contribution in [1.29, 1.82) is 0 Å². The Bertz CT molecular complexity index is 887. The van der Waals surface area contributed by atoms with E-state index in [9.17, 15) is 4.79 Å². The Balaban J connectivity index is 1.49. The zero-order chi connectivity index (χ0) is 17.2. The largest absolute Gasteiger partial charge is 0.327 e. The fraction of sp³-hybridized carbons (Fsp3) is 0.136. The van der Waals surface area contributed by atoms with E-state index in [2.05, 4.69) is 5.32 Å². The average Bonchev–Trinajstić information content (AvgIpc) is 3.40. The van der Waals surface area contributed by atoms with Crippen LogP contribution in [0.4, 0.5) is 5.69 Å². The molecule has 0 spiro atoms. The molecule has 0 heterocycles. The van der Waals surface area contributed by atoms with Gasteiger partial charge in [0.15, 0.2) is 0 Å². The molecular formula is C22H20N2O. The molecule has 0 aliphatic heterocycles. The lowest BCUT2D eigenvalue weighted by atomic mass is 10.0. The van der Waals surface area contributed by atoms with Crippen molar-refractivity contribution in [3.8, 4) is 11.1 Å². The Morgan fingerprint density at radius 2 is 1.56 bits per heavy atom. The number of amides is 1. The average molecular weight is 328 g/mol. The summed E-state index contributed by atoms with van der Waals surface area (Å²) in [6.07, 6.45) is 1.05. The van der Waals surface area contributed by atoms with E-state index < -0.39 is 0 Å². The molecule has 3 N–H and O–H groups in total. The van der Waals surface area contributed by atoms with Crippen LogP contribution < -0.4 is 11.1 Å². The van der Waals surface area contributed by atoms with Crippen LogP contribution >= 0.6 is 0 Å². The topological polar surface area (TPSA) is 55.1 Å². The summed E-state index contributed by atoms with van der Waals surface area (Å²) < 4.78 is 0. The van der Waals surface area contributed by atoms with Gasteiger partial charge >= 0.3 is 0 Å². The molecule has 0 radical (unpaired) electrons. The SMILES string of the molecule is NC1CC1c1ccc(NC(=O)c2cccc(-c3ccccc3)c2)cc1. The minimum absolute atomic E-state index is 0.103. The highest BCUT2D eigenvalue weighted by atomic mass is 16.1. The molecular weight excluding hydrogens is 308 g/mol. The van der Waals surface area contributed by atoms with Crippen LogP contribution in [0.5, 0.6) is 0 Å². The van der Waals surface area contributed by atoms with Crippen LogP contribution in [-0.4, -0.2) is 11.9 Å². The standard InChI is InChI=1S/C22H20N2O/c23-21-14-20(21)16-9-11-19(12-10-16)24-22(25)18-8-4-7-17(13-18)15-5-2-1-3-6-15/h1-13,20-21H,14,23H2,(H,24,25). The first-order valence-electron chi connectivity index (χ1n) is 8.53. The number of carbonyl (C=O) groups is 1. The molecule has 2 unspecified atom stereocenters. The van der Waals surface area contributed by atoms with E-state index in [1.807, 2.05) is 78.9 Å². The Morgan fingerprint density at radius 3 is 2.24 bits per heavy atom. The van der Waals surface area contributed by atoms with Crippen molar-refractivity contribution in [1.82, 2.24) is 0 Å². The minimum Gasteiger partial charge on any atom is -0.327 e. The molecule has 1 aliphatic carbocycles. The van der Waals surface area contributed by atoms with Crippen molar-refractivity contribution < 1.29 is 4.79 Å². The number of hydrogen-bond acceptors (Lipinski definition) is 2. The second kappa shape index (κ2) is 6.54. The van der Waals surface area contributed by atoms with Gasteiger partial charge in [0.05, 0.1) is 0 Å². The van der Waals surface area contributed by atoms with Crippen molar-refractivity contribution in [3.05, 3.63) is 90.0 Å². The molecule has 3 heteroatoms. The third kappa shape index (κ3) is 3.47. The summed E-state index contributed by atoms with van der Waals surface area (Å²) in [5.41, 5.74) is 10.7. The minimum atomic E-state index is -0.103. The maximum atomic E-state index is 12.5. The predicted octanol–water partition coefficient (Wildman–Crippen LogP) is 4.42. The molecule has 0 aromatic heterocycles. The first-order chi connectivity index (χ1) is 12.2. The number of benzene rings is 3. The van der Waals surface area contributed by atoms with Crippen molar-refractivity contribution in [2.45, 2.75) is 18.4 Å². The molecule has 1 aliphatic rings. The van der Waals surface area contributed by atoms with E-state index in [0.29, 0.717) is 17.5 Å². The van der Waals surface area contributed by atoms with Gasteiger partial charge in [0.1, 0.15) is 0 Å². The van der Waals surface area contributed by atoms with Gasteiger partial charge in [-0.05, 0) is 47.4 Å². The Morgan fingerprint density at radius 1 is 0.880 bits per heavy atom. The summed E-state index contributed by atoms with van der Waals surface area (Å²) in [6.45, 7) is 0. The van der Waals surface area contributed by atoms with Crippen molar-refractivity contribution in [3.63, 3.8) is 0 Å². The third-order valence-electron chi connectivity index (χ3n) is 4.67. The van der Waals surface area contributed by atoms with Crippen LogP contribution in [0.2, 0.25) is 0 Å². The van der Waals surface area contributed by atoms with Gasteiger partial charge in [0, 0.05) is 23.2 Å². The second-order valence-corrected chi connectivity index (χ2v) is 6.53. The number of nitrogens with two attached hydrogens (primary N) is 1. The van der Waals surface area contributed by atoms with Crippen molar-refractivity contribution >= 4 is 11.6 Å². The summed E-state index contributed by atoms with van der Waals surface area (Å²) in [4.78, 5) is 12.5. The van der Waals surface area contributed by atoms with E-state index >= 15 is 0 Å². The summed E-state index contributed by atoms with van der Waals surface area (Å²) in [7, 11) is 0. The third-order valence-corrected chi connectivity index (χ3v) is 4.67. The summed E-state index contributed by atoms with van der Waals surface area (Å²) >= 11 is 0. The first-order valence-corrected chi connectivity index (χ1v) is 8.53. The molecule has 4 rings (SSSR count). The smallest absolute Gasteiger partial charge is 0.255 e. The van der Waals surface area contributed by atoms with Crippen LogP contribution in [0.1, 0.15) is 28.3 Å². The van der Waals surface area contributed by atoms with Gasteiger partial charge in [-0.15, -0.1) is 0 Å². The van der Waals surface area contributed by atoms with E-state index in [-0.39, 0.29) is 5.91 Å².